The number of fused-ring (bicyclic) bond motifs is 3. The first-order valence-corrected chi connectivity index (χ1v) is 11.5. The van der Waals surface area contributed by atoms with Crippen molar-refractivity contribution in [2.24, 2.45) is 11.0 Å². The second kappa shape index (κ2) is 9.12. The first-order chi connectivity index (χ1) is 15.4. The minimum absolute atomic E-state index is 0.0361. The number of carbonyl (C=O) groups excluding carboxylic acids is 1. The van der Waals surface area contributed by atoms with E-state index in [9.17, 15) is 14.7 Å². The predicted molar refractivity (Wildman–Crippen MR) is 125 cm³/mol. The first-order valence-electron chi connectivity index (χ1n) is 10.7. The van der Waals surface area contributed by atoms with Gasteiger partial charge in [0, 0.05) is 4.88 Å². The van der Waals surface area contributed by atoms with E-state index in [2.05, 4.69) is 22.4 Å². The summed E-state index contributed by atoms with van der Waals surface area (Å²) in [7, 11) is 0. The van der Waals surface area contributed by atoms with Crippen LogP contribution < -0.4 is 15.7 Å². The lowest BCUT2D eigenvalue weighted by atomic mass is 9.89. The molecule has 3 aromatic rings. The van der Waals surface area contributed by atoms with Crippen LogP contribution in [0, 0.1) is 5.92 Å². The third kappa shape index (κ3) is 4.25. The summed E-state index contributed by atoms with van der Waals surface area (Å²) in [4.78, 5) is 32.3. The highest BCUT2D eigenvalue weighted by molar-refractivity contribution is 7.18. The number of phenols is 1. The van der Waals surface area contributed by atoms with Gasteiger partial charge in [0.1, 0.15) is 10.9 Å². The van der Waals surface area contributed by atoms with E-state index in [4.69, 9.17) is 4.74 Å². The smallest absolute Gasteiger partial charge is 0.263 e. The molecule has 1 amide bonds. The van der Waals surface area contributed by atoms with Crippen molar-refractivity contribution >= 4 is 33.7 Å². The molecule has 8 nitrogen and oxygen atoms in total. The Balaban J connectivity index is 1.52. The lowest BCUT2D eigenvalue weighted by Crippen LogP contribution is -2.34. The number of carbonyl (C=O) groups is 1. The molecule has 0 radical (unpaired) electrons. The van der Waals surface area contributed by atoms with Crippen molar-refractivity contribution in [1.82, 2.24) is 15.0 Å². The minimum atomic E-state index is -0.770. The molecule has 9 heteroatoms. The number of aromatic nitrogens is 2. The SMILES string of the molecule is CCOc1cc(/C=N\NC(=O)[C@@H](C)n2cnc3sc4c(c3c2=O)CC[C@H](C)C4)ccc1O. The summed E-state index contributed by atoms with van der Waals surface area (Å²) < 4.78 is 6.71. The molecule has 4 rings (SSSR count). The van der Waals surface area contributed by atoms with E-state index in [0.717, 1.165) is 29.7 Å². The van der Waals surface area contributed by atoms with E-state index >= 15 is 0 Å². The molecular formula is C23H26N4O4S. The molecule has 168 valence electrons. The number of phenolic OH excluding ortho intramolecular Hbond substituents is 1. The summed E-state index contributed by atoms with van der Waals surface area (Å²) in [6, 6.07) is 4.01. The Labute approximate surface area is 189 Å². The maximum atomic E-state index is 13.2. The van der Waals surface area contributed by atoms with E-state index in [1.165, 1.54) is 28.1 Å². The summed E-state index contributed by atoms with van der Waals surface area (Å²) in [5.41, 5.74) is 4.04. The topological polar surface area (TPSA) is 106 Å². The Kier molecular flexibility index (Phi) is 6.27. The molecule has 32 heavy (non-hydrogen) atoms. The van der Waals surface area contributed by atoms with Gasteiger partial charge in [0.25, 0.3) is 11.5 Å². The highest BCUT2D eigenvalue weighted by Crippen LogP contribution is 2.35. The number of nitrogens with zero attached hydrogens (tertiary/aromatic N) is 3. The average Bonchev–Trinajstić information content (AvgIpc) is 3.14. The van der Waals surface area contributed by atoms with E-state index in [1.54, 1.807) is 30.4 Å². The van der Waals surface area contributed by atoms with Crippen molar-refractivity contribution in [1.29, 1.82) is 0 Å². The van der Waals surface area contributed by atoms with Crippen molar-refractivity contribution in [2.75, 3.05) is 6.61 Å². The molecule has 1 aromatic carbocycles. The normalized spacial score (nSPS) is 16.8. The molecule has 0 saturated carbocycles. The van der Waals surface area contributed by atoms with Crippen molar-refractivity contribution in [3.8, 4) is 11.5 Å². The summed E-state index contributed by atoms with van der Waals surface area (Å²) in [6.45, 7) is 6.11. The Hall–Kier alpha value is -3.20. The van der Waals surface area contributed by atoms with E-state index in [1.807, 2.05) is 6.92 Å². The zero-order chi connectivity index (χ0) is 22.8. The Morgan fingerprint density at radius 1 is 1.50 bits per heavy atom. The molecule has 2 N–H and O–H groups in total. The Morgan fingerprint density at radius 2 is 2.31 bits per heavy atom. The summed E-state index contributed by atoms with van der Waals surface area (Å²) in [5.74, 6) is 0.564. The maximum Gasteiger partial charge on any atom is 0.263 e. The number of hydrogen-bond acceptors (Lipinski definition) is 7. The predicted octanol–water partition coefficient (Wildman–Crippen LogP) is 3.40. The fraction of sp³-hybridized carbons (Fsp3) is 0.391. The number of benzene rings is 1. The van der Waals surface area contributed by atoms with Gasteiger partial charge < -0.3 is 9.84 Å². The van der Waals surface area contributed by atoms with Crippen LogP contribution in [0.15, 0.2) is 34.4 Å². The van der Waals surface area contributed by atoms with Gasteiger partial charge in [-0.1, -0.05) is 6.92 Å². The van der Waals surface area contributed by atoms with Crippen LogP contribution in [0.1, 0.15) is 49.2 Å². The zero-order valence-electron chi connectivity index (χ0n) is 18.3. The van der Waals surface area contributed by atoms with Crippen molar-refractivity contribution in [3.05, 3.63) is 50.9 Å². The van der Waals surface area contributed by atoms with Gasteiger partial charge in [0.05, 0.1) is 24.5 Å². The molecule has 2 heterocycles. The number of ether oxygens (including phenoxy) is 1. The highest BCUT2D eigenvalue weighted by atomic mass is 32.1. The number of amides is 1. The molecule has 0 spiro atoms. The van der Waals surface area contributed by atoms with Crippen molar-refractivity contribution < 1.29 is 14.6 Å². The third-order valence-corrected chi connectivity index (χ3v) is 6.87. The van der Waals surface area contributed by atoms with E-state index in [-0.39, 0.29) is 11.3 Å². The van der Waals surface area contributed by atoms with Gasteiger partial charge in [-0.3, -0.25) is 14.2 Å². The zero-order valence-corrected chi connectivity index (χ0v) is 19.1. The van der Waals surface area contributed by atoms with Gasteiger partial charge in [-0.2, -0.15) is 5.10 Å². The molecule has 2 aromatic heterocycles. The van der Waals surface area contributed by atoms with Crippen LogP contribution in [-0.2, 0) is 17.6 Å². The lowest BCUT2D eigenvalue weighted by molar-refractivity contribution is -0.123. The molecule has 1 aliphatic rings. The Bertz CT molecular complexity index is 1250. The number of aromatic hydroxyl groups is 1. The second-order valence-corrected chi connectivity index (χ2v) is 9.14. The highest BCUT2D eigenvalue weighted by Gasteiger charge is 2.25. The molecule has 0 bridgehead atoms. The van der Waals surface area contributed by atoms with Crippen molar-refractivity contribution in [3.63, 3.8) is 0 Å². The van der Waals surface area contributed by atoms with Crippen molar-refractivity contribution in [2.45, 2.75) is 46.1 Å². The van der Waals surface area contributed by atoms with Crippen LogP contribution in [0.5, 0.6) is 11.5 Å². The second-order valence-electron chi connectivity index (χ2n) is 8.06. The number of hydrogen-bond donors (Lipinski definition) is 2. The lowest BCUT2D eigenvalue weighted by Gasteiger charge is -2.18. The van der Waals surface area contributed by atoms with E-state index in [0.29, 0.717) is 29.2 Å². The summed E-state index contributed by atoms with van der Waals surface area (Å²) in [5, 5.41) is 14.4. The van der Waals surface area contributed by atoms with Gasteiger partial charge in [-0.05, 0) is 68.4 Å². The number of rotatable bonds is 6. The number of thiophene rings is 1. The van der Waals surface area contributed by atoms with E-state index < -0.39 is 11.9 Å². The fourth-order valence-electron chi connectivity index (χ4n) is 3.89. The van der Waals surface area contributed by atoms with Crippen LogP contribution in [0.4, 0.5) is 0 Å². The van der Waals surface area contributed by atoms with Crippen LogP contribution >= 0.6 is 11.3 Å². The van der Waals surface area contributed by atoms with Crippen LogP contribution in [0.25, 0.3) is 10.2 Å². The van der Waals surface area contributed by atoms with Gasteiger partial charge in [0.2, 0.25) is 0 Å². The standard InChI is InChI=1S/C23H26N4O4S/c1-4-31-18-10-15(6-8-17(18)28)11-25-26-21(29)14(3)27-12-24-22-20(23(27)30)16-7-5-13(2)9-19(16)32-22/h6,8,10-14,28H,4-5,7,9H2,1-3H3,(H,26,29)/b25-11-/t13-,14+/m0/s1. The Morgan fingerprint density at radius 3 is 3.09 bits per heavy atom. The molecular weight excluding hydrogens is 428 g/mol. The molecule has 2 atom stereocenters. The number of aryl methyl sites for hydroxylation is 1. The first kappa shape index (κ1) is 22.0. The molecule has 0 unspecified atom stereocenters. The molecule has 1 aliphatic carbocycles. The monoisotopic (exact) mass is 454 g/mol. The quantitative estimate of drug-likeness (QED) is 0.439. The average molecular weight is 455 g/mol. The molecule has 0 fully saturated rings. The molecule has 0 aliphatic heterocycles. The minimum Gasteiger partial charge on any atom is -0.504 e. The fourth-order valence-corrected chi connectivity index (χ4v) is 5.23. The van der Waals surface area contributed by atoms with Gasteiger partial charge in [-0.15, -0.1) is 11.3 Å². The number of hydrazone groups is 1. The van der Waals surface area contributed by atoms with Gasteiger partial charge in [-0.25, -0.2) is 10.4 Å². The van der Waals surface area contributed by atoms with Crippen LogP contribution in [-0.4, -0.2) is 33.4 Å². The maximum absolute atomic E-state index is 13.2. The summed E-state index contributed by atoms with van der Waals surface area (Å²) in [6.07, 6.45) is 5.80. The van der Waals surface area contributed by atoms with Crippen LogP contribution in [0.3, 0.4) is 0 Å². The number of nitrogens with one attached hydrogen (secondary N) is 1. The molecule has 0 saturated heterocycles. The van der Waals surface area contributed by atoms with Gasteiger partial charge in [0.15, 0.2) is 11.5 Å². The van der Waals surface area contributed by atoms with Crippen LogP contribution in [0.2, 0.25) is 0 Å². The third-order valence-electron chi connectivity index (χ3n) is 5.71. The summed E-state index contributed by atoms with van der Waals surface area (Å²) >= 11 is 1.59. The largest absolute Gasteiger partial charge is 0.504 e. The van der Waals surface area contributed by atoms with Gasteiger partial charge >= 0.3 is 0 Å².